The van der Waals surface area contributed by atoms with E-state index in [1.807, 2.05) is 0 Å². The van der Waals surface area contributed by atoms with Crippen LogP contribution in [0.1, 0.15) is 361 Å². The molecule has 0 fully saturated rings. The third-order valence-corrected chi connectivity index (χ3v) is 15.3. The minimum Gasteiger partial charge on any atom is -0.465 e. The maximum atomic E-state index is 12.5. The first-order valence-corrected chi connectivity index (χ1v) is 32.6. The van der Waals surface area contributed by atoms with E-state index in [9.17, 15) is 19.8 Å². The zero-order valence-electron chi connectivity index (χ0n) is 48.7. The number of aliphatic hydroxyl groups is 2. The molecule has 426 valence electrons. The lowest BCUT2D eigenvalue weighted by Gasteiger charge is -2.22. The molecule has 2 atom stereocenters. The summed E-state index contributed by atoms with van der Waals surface area (Å²) in [5, 5.41) is 23.4. The van der Waals surface area contributed by atoms with Crippen LogP contribution in [0.2, 0.25) is 0 Å². The molecule has 0 aromatic heterocycles. The number of unbranched alkanes of at least 4 members (excludes halogenated alkanes) is 46. The van der Waals surface area contributed by atoms with E-state index in [-0.39, 0.29) is 18.5 Å². The van der Waals surface area contributed by atoms with E-state index in [1.54, 1.807) is 0 Å². The molecule has 6 nitrogen and oxygen atoms in total. The topological polar surface area (TPSA) is 95.9 Å². The van der Waals surface area contributed by atoms with Gasteiger partial charge in [-0.05, 0) is 44.9 Å². The Morgan fingerprint density at radius 3 is 1.06 bits per heavy atom. The summed E-state index contributed by atoms with van der Waals surface area (Å²) in [4.78, 5) is 24.6. The van der Waals surface area contributed by atoms with Crippen molar-refractivity contribution in [3.05, 3.63) is 24.3 Å². The molecule has 0 saturated heterocycles. The molecular formula is C66H127NO5. The van der Waals surface area contributed by atoms with E-state index in [1.165, 1.54) is 276 Å². The quantitative estimate of drug-likeness (QED) is 0.0320. The van der Waals surface area contributed by atoms with Crippen LogP contribution in [0.3, 0.4) is 0 Å². The standard InChI is InChI=1S/C66H127NO5/c1-3-5-7-9-11-13-15-17-19-21-27-30-34-38-42-46-50-54-58-64(69)63(62-68)67-65(70)59-55-51-47-43-39-35-31-28-25-23-22-24-26-29-33-37-41-45-49-53-57-61-72-66(71)60-56-52-48-44-40-36-32-20-18-16-14-12-10-8-6-4-2/h37,41,49,53,63-64,68-69H,3-36,38-40,42-48,50-52,54-62H2,1-2H3,(H,67,70)/b41-37-,53-49-. The van der Waals surface area contributed by atoms with Crippen LogP contribution in [0.25, 0.3) is 0 Å². The predicted octanol–water partition coefficient (Wildman–Crippen LogP) is 20.6. The summed E-state index contributed by atoms with van der Waals surface area (Å²) in [6.45, 7) is 4.88. The van der Waals surface area contributed by atoms with Crippen LogP contribution in [0.15, 0.2) is 24.3 Å². The number of carbonyl (C=O) groups is 2. The van der Waals surface area contributed by atoms with Gasteiger partial charge in [-0.2, -0.15) is 0 Å². The number of rotatable bonds is 61. The Hall–Kier alpha value is -1.66. The van der Waals surface area contributed by atoms with Crippen LogP contribution in [0.4, 0.5) is 0 Å². The Morgan fingerprint density at radius 1 is 0.389 bits per heavy atom. The summed E-state index contributed by atoms with van der Waals surface area (Å²) in [5.74, 6) is -0.0676. The molecule has 0 bridgehead atoms. The van der Waals surface area contributed by atoms with Gasteiger partial charge in [0.25, 0.3) is 0 Å². The zero-order valence-corrected chi connectivity index (χ0v) is 48.7. The van der Waals surface area contributed by atoms with E-state index in [4.69, 9.17) is 4.74 Å². The van der Waals surface area contributed by atoms with E-state index < -0.39 is 12.1 Å². The molecule has 0 rings (SSSR count). The fourth-order valence-corrected chi connectivity index (χ4v) is 10.3. The first kappa shape index (κ1) is 70.3. The number of nitrogens with one attached hydrogen (secondary N) is 1. The van der Waals surface area contributed by atoms with Gasteiger partial charge in [0.2, 0.25) is 5.91 Å². The monoisotopic (exact) mass is 1010 g/mol. The van der Waals surface area contributed by atoms with Crippen molar-refractivity contribution in [2.45, 2.75) is 373 Å². The van der Waals surface area contributed by atoms with Gasteiger partial charge >= 0.3 is 5.97 Å². The first-order chi connectivity index (χ1) is 35.5. The molecule has 0 aromatic rings. The molecule has 0 aliphatic carbocycles. The van der Waals surface area contributed by atoms with Gasteiger partial charge in [-0.3, -0.25) is 9.59 Å². The van der Waals surface area contributed by atoms with Crippen LogP contribution in [-0.2, 0) is 14.3 Å². The minimum absolute atomic E-state index is 0.0310. The van der Waals surface area contributed by atoms with Gasteiger partial charge in [-0.25, -0.2) is 0 Å². The van der Waals surface area contributed by atoms with E-state index in [0.29, 0.717) is 25.9 Å². The number of allylic oxidation sites excluding steroid dienone is 3. The van der Waals surface area contributed by atoms with Crippen molar-refractivity contribution >= 4 is 11.9 Å². The van der Waals surface area contributed by atoms with Gasteiger partial charge in [0.05, 0.1) is 25.4 Å². The van der Waals surface area contributed by atoms with Crippen LogP contribution in [-0.4, -0.2) is 47.4 Å². The average molecular weight is 1010 g/mol. The summed E-state index contributed by atoms with van der Waals surface area (Å²) in [6, 6.07) is -0.546. The molecule has 6 heteroatoms. The number of hydrogen-bond acceptors (Lipinski definition) is 5. The summed E-state index contributed by atoms with van der Waals surface area (Å²) in [6.07, 6.45) is 76.4. The third-order valence-electron chi connectivity index (χ3n) is 15.3. The third kappa shape index (κ3) is 57.6. The molecule has 0 saturated carbocycles. The zero-order chi connectivity index (χ0) is 52.2. The molecule has 0 spiro atoms. The van der Waals surface area contributed by atoms with Crippen LogP contribution in [0, 0.1) is 0 Å². The first-order valence-electron chi connectivity index (χ1n) is 32.6. The Bertz CT molecular complexity index is 1120. The number of amides is 1. The van der Waals surface area contributed by atoms with Gasteiger partial charge < -0.3 is 20.3 Å². The fourth-order valence-electron chi connectivity index (χ4n) is 10.3. The van der Waals surface area contributed by atoms with Gasteiger partial charge in [0.15, 0.2) is 0 Å². The number of carbonyl (C=O) groups excluding carboxylic acids is 2. The highest BCUT2D eigenvalue weighted by molar-refractivity contribution is 5.76. The number of hydrogen-bond donors (Lipinski definition) is 3. The van der Waals surface area contributed by atoms with Crippen molar-refractivity contribution in [1.29, 1.82) is 0 Å². The molecule has 1 amide bonds. The lowest BCUT2D eigenvalue weighted by molar-refractivity contribution is -0.143. The molecule has 3 N–H and O–H groups in total. The molecule has 0 radical (unpaired) electrons. The summed E-state index contributed by atoms with van der Waals surface area (Å²) < 4.78 is 5.43. The van der Waals surface area contributed by atoms with Gasteiger partial charge in [0.1, 0.15) is 0 Å². The molecular weight excluding hydrogens is 887 g/mol. The van der Waals surface area contributed by atoms with Crippen LogP contribution < -0.4 is 5.32 Å². The van der Waals surface area contributed by atoms with Gasteiger partial charge in [-0.1, -0.05) is 327 Å². The smallest absolute Gasteiger partial charge is 0.305 e. The summed E-state index contributed by atoms with van der Waals surface area (Å²) in [7, 11) is 0. The Labute approximate surface area is 450 Å². The van der Waals surface area contributed by atoms with Crippen molar-refractivity contribution < 1.29 is 24.5 Å². The van der Waals surface area contributed by atoms with E-state index in [2.05, 4.69) is 43.5 Å². The Balaban J connectivity index is 3.44. The lowest BCUT2D eigenvalue weighted by atomic mass is 10.0. The lowest BCUT2D eigenvalue weighted by Crippen LogP contribution is -2.45. The maximum Gasteiger partial charge on any atom is 0.305 e. The molecule has 0 aliphatic rings. The van der Waals surface area contributed by atoms with E-state index >= 15 is 0 Å². The molecule has 0 heterocycles. The van der Waals surface area contributed by atoms with Crippen LogP contribution >= 0.6 is 0 Å². The highest BCUT2D eigenvalue weighted by atomic mass is 16.5. The van der Waals surface area contributed by atoms with Crippen LogP contribution in [0.5, 0.6) is 0 Å². The van der Waals surface area contributed by atoms with Crippen molar-refractivity contribution in [3.63, 3.8) is 0 Å². The second-order valence-corrected chi connectivity index (χ2v) is 22.5. The molecule has 0 aromatic carbocycles. The number of ether oxygens (including phenoxy) is 1. The predicted molar refractivity (Wildman–Crippen MR) is 315 cm³/mol. The highest BCUT2D eigenvalue weighted by Gasteiger charge is 2.20. The SMILES string of the molecule is CCCCCCCCCCCCCCCCCCCCC(O)C(CO)NC(=O)CCCCCCCCCCCCCCCC/C=C\C/C=C\CCOC(=O)CCCCCCCCCCCCCCCCCC. The Kier molecular flexibility index (Phi) is 60.5. The number of aliphatic hydroxyl groups excluding tert-OH is 2. The largest absolute Gasteiger partial charge is 0.465 e. The number of esters is 1. The summed E-state index contributed by atoms with van der Waals surface area (Å²) in [5.41, 5.74) is 0. The molecule has 0 aliphatic heterocycles. The minimum atomic E-state index is -0.668. The highest BCUT2D eigenvalue weighted by Crippen LogP contribution is 2.18. The van der Waals surface area contributed by atoms with Gasteiger partial charge in [0, 0.05) is 12.8 Å². The Morgan fingerprint density at radius 2 is 0.694 bits per heavy atom. The molecule has 2 unspecified atom stereocenters. The average Bonchev–Trinajstić information content (AvgIpc) is 3.38. The summed E-state index contributed by atoms with van der Waals surface area (Å²) >= 11 is 0. The van der Waals surface area contributed by atoms with Crippen molar-refractivity contribution in [2.24, 2.45) is 0 Å². The second kappa shape index (κ2) is 61.9. The van der Waals surface area contributed by atoms with Gasteiger partial charge in [-0.15, -0.1) is 0 Å². The van der Waals surface area contributed by atoms with Crippen molar-refractivity contribution in [2.75, 3.05) is 13.2 Å². The normalized spacial score (nSPS) is 12.7. The van der Waals surface area contributed by atoms with Crippen molar-refractivity contribution in [3.8, 4) is 0 Å². The second-order valence-electron chi connectivity index (χ2n) is 22.5. The van der Waals surface area contributed by atoms with Crippen molar-refractivity contribution in [1.82, 2.24) is 5.32 Å². The van der Waals surface area contributed by atoms with E-state index in [0.717, 1.165) is 51.4 Å². The fraction of sp³-hybridized carbons (Fsp3) is 0.909. The molecule has 72 heavy (non-hydrogen) atoms. The maximum absolute atomic E-state index is 12.5.